The highest BCUT2D eigenvalue weighted by Crippen LogP contribution is 2.37. The van der Waals surface area contributed by atoms with Crippen LogP contribution in [0.2, 0.25) is 0 Å². The molecular formula is C17H14FN3S. The largest absolute Gasteiger partial charge is 0.318 e. The van der Waals surface area contributed by atoms with Gasteiger partial charge in [0.05, 0.1) is 11.4 Å². The van der Waals surface area contributed by atoms with Gasteiger partial charge >= 0.3 is 0 Å². The Morgan fingerprint density at radius 3 is 2.55 bits per heavy atom. The van der Waals surface area contributed by atoms with E-state index in [0.717, 1.165) is 46.4 Å². The minimum Gasteiger partial charge on any atom is -0.318 e. The number of rotatable bonds is 2. The van der Waals surface area contributed by atoms with E-state index in [1.165, 1.54) is 12.1 Å². The molecule has 0 saturated carbocycles. The summed E-state index contributed by atoms with van der Waals surface area (Å²) in [5.74, 6) is 0.864. The number of fused-ring (bicyclic) bond motifs is 1. The average molecular weight is 311 g/mol. The Bertz CT molecular complexity index is 797. The maximum Gasteiger partial charge on any atom is 0.169 e. The summed E-state index contributed by atoms with van der Waals surface area (Å²) in [4.78, 5) is 8.91. The summed E-state index contributed by atoms with van der Waals surface area (Å²) >= 11 is 1.78. The molecule has 0 N–H and O–H groups in total. The van der Waals surface area contributed by atoms with Gasteiger partial charge in [-0.05, 0) is 42.8 Å². The van der Waals surface area contributed by atoms with Crippen LogP contribution in [0.3, 0.4) is 0 Å². The molecule has 0 spiro atoms. The van der Waals surface area contributed by atoms with Gasteiger partial charge in [-0.15, -0.1) is 0 Å². The van der Waals surface area contributed by atoms with Gasteiger partial charge in [-0.25, -0.2) is 9.37 Å². The van der Waals surface area contributed by atoms with Gasteiger partial charge in [0, 0.05) is 35.8 Å². The quantitative estimate of drug-likeness (QED) is 0.709. The van der Waals surface area contributed by atoms with Gasteiger partial charge in [-0.1, -0.05) is 11.8 Å². The van der Waals surface area contributed by atoms with Crippen LogP contribution in [0.4, 0.5) is 4.39 Å². The molecule has 0 saturated heterocycles. The lowest BCUT2D eigenvalue weighted by Crippen LogP contribution is -2.08. The molecule has 22 heavy (non-hydrogen) atoms. The van der Waals surface area contributed by atoms with Crippen molar-refractivity contribution in [3.63, 3.8) is 0 Å². The molecule has 1 aliphatic heterocycles. The van der Waals surface area contributed by atoms with Crippen molar-refractivity contribution in [3.05, 3.63) is 54.6 Å². The van der Waals surface area contributed by atoms with Gasteiger partial charge in [0.25, 0.3) is 0 Å². The third-order valence-corrected chi connectivity index (χ3v) is 4.82. The second-order valence-corrected chi connectivity index (χ2v) is 6.25. The van der Waals surface area contributed by atoms with E-state index in [1.54, 1.807) is 36.3 Å². The summed E-state index contributed by atoms with van der Waals surface area (Å²) in [6, 6.07) is 10.5. The first-order valence-electron chi connectivity index (χ1n) is 7.22. The van der Waals surface area contributed by atoms with Gasteiger partial charge in [-0.3, -0.25) is 4.98 Å². The van der Waals surface area contributed by atoms with E-state index in [2.05, 4.69) is 9.55 Å². The van der Waals surface area contributed by atoms with Crippen LogP contribution in [0, 0.1) is 5.82 Å². The maximum absolute atomic E-state index is 13.2. The van der Waals surface area contributed by atoms with Crippen molar-refractivity contribution in [1.82, 2.24) is 14.5 Å². The first-order chi connectivity index (χ1) is 10.8. The normalized spacial score (nSPS) is 13.9. The SMILES string of the molecule is Fc1ccc(-c2nc3n(c2-c2ccncc2)CCCS3)cc1. The monoisotopic (exact) mass is 311 g/mol. The summed E-state index contributed by atoms with van der Waals surface area (Å²) in [5.41, 5.74) is 4.04. The Morgan fingerprint density at radius 2 is 1.77 bits per heavy atom. The predicted octanol–water partition coefficient (Wildman–Crippen LogP) is 4.25. The molecule has 0 bridgehead atoms. The summed E-state index contributed by atoms with van der Waals surface area (Å²) in [5, 5.41) is 1.04. The fraction of sp³-hybridized carbons (Fsp3) is 0.176. The molecule has 1 aliphatic rings. The lowest BCUT2D eigenvalue weighted by molar-refractivity contribution is 0.612. The van der Waals surface area contributed by atoms with Crippen molar-refractivity contribution in [3.8, 4) is 22.5 Å². The second kappa shape index (κ2) is 5.57. The van der Waals surface area contributed by atoms with Crippen LogP contribution in [0.1, 0.15) is 6.42 Å². The molecule has 0 radical (unpaired) electrons. The minimum atomic E-state index is -0.229. The molecule has 0 aliphatic carbocycles. The Balaban J connectivity index is 1.94. The van der Waals surface area contributed by atoms with Crippen LogP contribution in [-0.4, -0.2) is 20.3 Å². The molecular weight excluding hydrogens is 297 g/mol. The number of hydrogen-bond donors (Lipinski definition) is 0. The first kappa shape index (κ1) is 13.5. The highest BCUT2D eigenvalue weighted by Gasteiger charge is 2.22. The lowest BCUT2D eigenvalue weighted by atomic mass is 10.1. The molecule has 2 aromatic heterocycles. The fourth-order valence-corrected chi connectivity index (χ4v) is 3.70. The smallest absolute Gasteiger partial charge is 0.169 e. The van der Waals surface area contributed by atoms with Crippen LogP contribution in [0.5, 0.6) is 0 Å². The maximum atomic E-state index is 13.2. The van der Waals surface area contributed by atoms with Crippen molar-refractivity contribution >= 4 is 11.8 Å². The van der Waals surface area contributed by atoms with Crippen molar-refractivity contribution < 1.29 is 4.39 Å². The lowest BCUT2D eigenvalue weighted by Gasteiger charge is -2.16. The van der Waals surface area contributed by atoms with E-state index in [-0.39, 0.29) is 5.82 Å². The highest BCUT2D eigenvalue weighted by atomic mass is 32.2. The molecule has 0 unspecified atom stereocenters. The topological polar surface area (TPSA) is 30.7 Å². The standard InChI is InChI=1S/C17H14FN3S/c18-14-4-2-12(3-5-14)15-16(13-6-8-19-9-7-13)21-10-1-11-22-17(21)20-15/h2-9H,1,10-11H2. The number of aromatic nitrogens is 3. The number of nitrogens with zero attached hydrogens (tertiary/aromatic N) is 3. The number of pyridine rings is 1. The Morgan fingerprint density at radius 1 is 1.00 bits per heavy atom. The summed E-state index contributed by atoms with van der Waals surface area (Å²) in [6.07, 6.45) is 4.72. The minimum absolute atomic E-state index is 0.229. The predicted molar refractivity (Wildman–Crippen MR) is 86.2 cm³/mol. The Kier molecular flexibility index (Phi) is 3.42. The Hall–Kier alpha value is -2.14. The summed E-state index contributed by atoms with van der Waals surface area (Å²) in [6.45, 7) is 0.966. The first-order valence-corrected chi connectivity index (χ1v) is 8.21. The number of halogens is 1. The van der Waals surface area contributed by atoms with Gasteiger partial charge < -0.3 is 4.57 Å². The van der Waals surface area contributed by atoms with E-state index in [4.69, 9.17) is 4.98 Å². The van der Waals surface area contributed by atoms with Crippen LogP contribution in [0.15, 0.2) is 53.9 Å². The van der Waals surface area contributed by atoms with Gasteiger partial charge in [0.2, 0.25) is 0 Å². The third kappa shape index (κ3) is 2.31. The number of benzene rings is 1. The molecule has 110 valence electrons. The van der Waals surface area contributed by atoms with Crippen molar-refractivity contribution in [1.29, 1.82) is 0 Å². The molecule has 0 amide bonds. The molecule has 3 nitrogen and oxygen atoms in total. The van der Waals surface area contributed by atoms with Crippen molar-refractivity contribution in [2.24, 2.45) is 0 Å². The molecule has 1 aromatic carbocycles. The van der Waals surface area contributed by atoms with Crippen LogP contribution in [0.25, 0.3) is 22.5 Å². The molecule has 0 fully saturated rings. The summed E-state index contributed by atoms with van der Waals surface area (Å²) in [7, 11) is 0. The van der Waals surface area contributed by atoms with Crippen molar-refractivity contribution in [2.75, 3.05) is 5.75 Å². The zero-order chi connectivity index (χ0) is 14.9. The van der Waals surface area contributed by atoms with Gasteiger partial charge in [-0.2, -0.15) is 0 Å². The highest BCUT2D eigenvalue weighted by molar-refractivity contribution is 7.99. The third-order valence-electron chi connectivity index (χ3n) is 3.76. The molecule has 0 atom stereocenters. The van der Waals surface area contributed by atoms with Gasteiger partial charge in [0.15, 0.2) is 5.16 Å². The number of imidazole rings is 1. The molecule has 3 aromatic rings. The average Bonchev–Trinajstić information content (AvgIpc) is 2.96. The van der Waals surface area contributed by atoms with E-state index in [9.17, 15) is 4.39 Å². The summed E-state index contributed by atoms with van der Waals surface area (Å²) < 4.78 is 15.5. The molecule has 4 rings (SSSR count). The van der Waals surface area contributed by atoms with Crippen LogP contribution >= 0.6 is 11.8 Å². The second-order valence-electron chi connectivity index (χ2n) is 5.19. The van der Waals surface area contributed by atoms with Gasteiger partial charge in [0.1, 0.15) is 5.82 Å². The molecule has 3 heterocycles. The van der Waals surface area contributed by atoms with Crippen LogP contribution in [-0.2, 0) is 6.54 Å². The Labute approximate surface area is 132 Å². The number of hydrogen-bond acceptors (Lipinski definition) is 3. The van der Waals surface area contributed by atoms with Crippen molar-refractivity contribution in [2.45, 2.75) is 18.1 Å². The molecule has 5 heteroatoms. The van der Waals surface area contributed by atoms with Crippen LogP contribution < -0.4 is 0 Å². The fourth-order valence-electron chi connectivity index (χ4n) is 2.75. The number of thioether (sulfide) groups is 1. The zero-order valence-electron chi connectivity index (χ0n) is 11.9. The zero-order valence-corrected chi connectivity index (χ0v) is 12.7. The van der Waals surface area contributed by atoms with E-state index < -0.39 is 0 Å². The van der Waals surface area contributed by atoms with E-state index >= 15 is 0 Å². The van der Waals surface area contributed by atoms with E-state index in [1.807, 2.05) is 12.1 Å². The van der Waals surface area contributed by atoms with E-state index in [0.29, 0.717) is 0 Å².